The molecule has 9 heteroatoms. The maximum atomic E-state index is 10.6. The molecule has 0 spiro atoms. The van der Waals surface area contributed by atoms with Crippen molar-refractivity contribution in [3.63, 3.8) is 0 Å². The highest BCUT2D eigenvalue weighted by atomic mass is 16.6. The molecule has 148 valence electrons. The number of nitrogens with zero attached hydrogens (tertiary/aromatic N) is 4. The van der Waals surface area contributed by atoms with Gasteiger partial charge in [0, 0.05) is 5.92 Å². The molecule has 27 heavy (non-hydrogen) atoms. The zero-order chi connectivity index (χ0) is 18.6. The molecule has 2 saturated carbocycles. The minimum absolute atomic E-state index is 0.248. The van der Waals surface area contributed by atoms with E-state index in [0.29, 0.717) is 11.5 Å². The fraction of sp³-hybridized carbons (Fsp3) is 0.833. The SMILES string of the molecule is NC1(C2CCCC2)N=CN=C2C1=NCN2[C@@H]1O[C@H](COC2CC2)[C@@H](O)[C@H]1O. The quantitative estimate of drug-likeness (QED) is 0.599. The maximum absolute atomic E-state index is 10.6. The first-order valence-electron chi connectivity index (χ1n) is 9.93. The Morgan fingerprint density at radius 2 is 2.00 bits per heavy atom. The molecule has 3 heterocycles. The summed E-state index contributed by atoms with van der Waals surface area (Å²) in [5.74, 6) is 0.845. The van der Waals surface area contributed by atoms with Crippen molar-refractivity contribution in [3.8, 4) is 0 Å². The minimum Gasteiger partial charge on any atom is -0.387 e. The van der Waals surface area contributed by atoms with E-state index in [1.165, 1.54) is 6.34 Å². The zero-order valence-electron chi connectivity index (χ0n) is 15.3. The maximum Gasteiger partial charge on any atom is 0.162 e. The fourth-order valence-electron chi connectivity index (χ4n) is 4.56. The molecule has 3 fully saturated rings. The second-order valence-electron chi connectivity index (χ2n) is 8.20. The van der Waals surface area contributed by atoms with Crippen LogP contribution in [0.2, 0.25) is 0 Å². The van der Waals surface area contributed by atoms with Crippen LogP contribution in [0.25, 0.3) is 0 Å². The molecular weight excluding hydrogens is 350 g/mol. The first-order valence-corrected chi connectivity index (χ1v) is 9.93. The lowest BCUT2D eigenvalue weighted by atomic mass is 9.86. The third-order valence-corrected chi connectivity index (χ3v) is 6.34. The molecule has 0 bridgehead atoms. The van der Waals surface area contributed by atoms with Crippen LogP contribution < -0.4 is 5.73 Å². The second-order valence-corrected chi connectivity index (χ2v) is 8.20. The van der Waals surface area contributed by atoms with E-state index in [9.17, 15) is 10.2 Å². The molecule has 1 saturated heterocycles. The fourth-order valence-corrected chi connectivity index (χ4v) is 4.56. The summed E-state index contributed by atoms with van der Waals surface area (Å²) in [5.41, 5.74) is 6.48. The summed E-state index contributed by atoms with van der Waals surface area (Å²) in [6.07, 6.45) is 4.87. The molecule has 0 aromatic carbocycles. The van der Waals surface area contributed by atoms with E-state index < -0.39 is 30.2 Å². The minimum atomic E-state index is -1.06. The van der Waals surface area contributed by atoms with Crippen molar-refractivity contribution in [3.05, 3.63) is 0 Å². The number of rotatable bonds is 5. The van der Waals surface area contributed by atoms with Gasteiger partial charge in [-0.2, -0.15) is 0 Å². The number of aliphatic imine (C=N–C) groups is 3. The normalized spacial score (nSPS) is 41.8. The highest BCUT2D eigenvalue weighted by molar-refractivity contribution is 6.47. The van der Waals surface area contributed by atoms with E-state index >= 15 is 0 Å². The first kappa shape index (κ1) is 17.7. The third-order valence-electron chi connectivity index (χ3n) is 6.34. The molecule has 2 aliphatic carbocycles. The van der Waals surface area contributed by atoms with E-state index in [-0.39, 0.29) is 25.3 Å². The van der Waals surface area contributed by atoms with Crippen LogP contribution in [0.15, 0.2) is 15.0 Å². The standard InChI is InChI=1S/C18H27N5O4/c19-18(10-3-1-2-4-10)15-16(20-8-22-18)23(9-21-15)17-14(25)13(24)12(27-17)7-26-11-5-6-11/h8,10-14,17,24-25H,1-7,9,19H2/t12-,13-,14-,17-,18?/m1/s1. The highest BCUT2D eigenvalue weighted by Crippen LogP contribution is 2.38. The predicted octanol–water partition coefficient (Wildman–Crippen LogP) is -0.388. The second kappa shape index (κ2) is 6.59. The van der Waals surface area contributed by atoms with E-state index in [4.69, 9.17) is 15.2 Å². The van der Waals surface area contributed by atoms with Crippen molar-refractivity contribution in [2.45, 2.75) is 74.8 Å². The van der Waals surface area contributed by atoms with Gasteiger partial charge in [-0.25, -0.2) is 9.98 Å². The molecule has 4 N–H and O–H groups in total. The summed E-state index contributed by atoms with van der Waals surface area (Å²) in [6, 6.07) is 0. The van der Waals surface area contributed by atoms with E-state index in [1.54, 1.807) is 4.90 Å². The number of amidine groups is 1. The van der Waals surface area contributed by atoms with Crippen LogP contribution in [0.5, 0.6) is 0 Å². The molecule has 5 aliphatic rings. The Balaban J connectivity index is 1.32. The number of aliphatic hydroxyl groups excluding tert-OH is 2. The summed E-state index contributed by atoms with van der Waals surface area (Å²) in [5, 5.41) is 20.9. The molecule has 5 atom stereocenters. The van der Waals surface area contributed by atoms with Gasteiger partial charge >= 0.3 is 0 Å². The van der Waals surface area contributed by atoms with Gasteiger partial charge in [-0.15, -0.1) is 0 Å². The molecule has 3 aliphatic heterocycles. The molecule has 0 amide bonds. The summed E-state index contributed by atoms with van der Waals surface area (Å²) in [7, 11) is 0. The van der Waals surface area contributed by atoms with Crippen molar-refractivity contribution < 1.29 is 19.7 Å². The Bertz CT molecular complexity index is 687. The van der Waals surface area contributed by atoms with Crippen LogP contribution in [0.3, 0.4) is 0 Å². The molecule has 0 radical (unpaired) electrons. The van der Waals surface area contributed by atoms with Crippen LogP contribution >= 0.6 is 0 Å². The van der Waals surface area contributed by atoms with Gasteiger partial charge in [0.05, 0.1) is 12.7 Å². The van der Waals surface area contributed by atoms with E-state index in [1.807, 2.05) is 0 Å². The largest absolute Gasteiger partial charge is 0.387 e. The van der Waals surface area contributed by atoms with Gasteiger partial charge in [-0.1, -0.05) is 12.8 Å². The summed E-state index contributed by atoms with van der Waals surface area (Å²) >= 11 is 0. The van der Waals surface area contributed by atoms with E-state index in [0.717, 1.165) is 38.5 Å². The molecule has 5 rings (SSSR count). The van der Waals surface area contributed by atoms with Crippen LogP contribution in [0.4, 0.5) is 0 Å². The Hall–Kier alpha value is -1.39. The molecular formula is C18H27N5O4. The van der Waals surface area contributed by atoms with Crippen molar-refractivity contribution in [1.29, 1.82) is 0 Å². The Labute approximate surface area is 158 Å². The number of ether oxygens (including phenoxy) is 2. The number of aliphatic hydroxyl groups is 2. The van der Waals surface area contributed by atoms with Crippen molar-refractivity contribution in [2.75, 3.05) is 13.3 Å². The van der Waals surface area contributed by atoms with Crippen molar-refractivity contribution >= 4 is 17.9 Å². The Morgan fingerprint density at radius 1 is 1.22 bits per heavy atom. The topological polar surface area (TPSA) is 125 Å². The molecule has 9 nitrogen and oxygen atoms in total. The van der Waals surface area contributed by atoms with Crippen LogP contribution in [0.1, 0.15) is 38.5 Å². The third kappa shape index (κ3) is 2.92. The van der Waals surface area contributed by atoms with E-state index in [2.05, 4.69) is 15.0 Å². The van der Waals surface area contributed by atoms with Gasteiger partial charge in [0.2, 0.25) is 0 Å². The van der Waals surface area contributed by atoms with Gasteiger partial charge < -0.3 is 30.3 Å². The number of hydrogen-bond acceptors (Lipinski definition) is 9. The highest BCUT2D eigenvalue weighted by Gasteiger charge is 2.52. The number of nitrogens with two attached hydrogens (primary N) is 1. The number of hydrogen-bond donors (Lipinski definition) is 3. The smallest absolute Gasteiger partial charge is 0.162 e. The van der Waals surface area contributed by atoms with Crippen LogP contribution in [0, 0.1) is 5.92 Å². The lowest BCUT2D eigenvalue weighted by molar-refractivity contribution is -0.0811. The van der Waals surface area contributed by atoms with Gasteiger partial charge in [-0.05, 0) is 25.7 Å². The average Bonchev–Trinajstić information content (AvgIpc) is 3.07. The van der Waals surface area contributed by atoms with Crippen molar-refractivity contribution in [1.82, 2.24) is 4.90 Å². The summed E-state index contributed by atoms with van der Waals surface area (Å²) < 4.78 is 11.6. The van der Waals surface area contributed by atoms with Crippen LogP contribution in [-0.4, -0.2) is 82.6 Å². The van der Waals surface area contributed by atoms with Crippen LogP contribution in [-0.2, 0) is 9.47 Å². The van der Waals surface area contributed by atoms with Gasteiger partial charge in [0.1, 0.15) is 37.0 Å². The monoisotopic (exact) mass is 377 g/mol. The Kier molecular flexibility index (Phi) is 4.32. The van der Waals surface area contributed by atoms with Crippen molar-refractivity contribution in [2.24, 2.45) is 26.6 Å². The van der Waals surface area contributed by atoms with Gasteiger partial charge in [0.15, 0.2) is 17.7 Å². The predicted molar refractivity (Wildman–Crippen MR) is 98.6 cm³/mol. The lowest BCUT2D eigenvalue weighted by Crippen LogP contribution is -2.58. The summed E-state index contributed by atoms with van der Waals surface area (Å²) in [6.45, 7) is 0.561. The molecule has 0 aromatic rings. The zero-order valence-corrected chi connectivity index (χ0v) is 15.3. The van der Waals surface area contributed by atoms with Gasteiger partial charge in [-0.3, -0.25) is 4.99 Å². The molecule has 1 unspecified atom stereocenters. The molecule has 0 aromatic heterocycles. The average molecular weight is 377 g/mol. The lowest BCUT2D eigenvalue weighted by Gasteiger charge is -2.35. The van der Waals surface area contributed by atoms with Gasteiger partial charge in [0.25, 0.3) is 0 Å². The first-order chi connectivity index (χ1) is 13.1. The summed E-state index contributed by atoms with van der Waals surface area (Å²) in [4.78, 5) is 15.3. The number of fused-ring (bicyclic) bond motifs is 1. The Morgan fingerprint density at radius 3 is 2.74 bits per heavy atom.